The number of hydrogen-bond acceptors (Lipinski definition) is 4. The highest BCUT2D eigenvalue weighted by Crippen LogP contribution is 2.35. The van der Waals surface area contributed by atoms with Crippen LogP contribution in [0.1, 0.15) is 62.3 Å². The maximum absolute atomic E-state index is 13.5. The SMILES string of the molecule is CCC(NC(=O)C(CC)N(c1cc(Cl)ccc1OC)S(C)(=O)=O)c1ccc2c(c1)CCCC2. The molecule has 0 bridgehead atoms. The molecule has 1 amide bonds. The second-order valence-corrected chi connectivity index (χ2v) is 10.8. The molecule has 0 saturated carbocycles. The molecule has 3 rings (SSSR count). The third kappa shape index (κ3) is 5.82. The Morgan fingerprint density at radius 2 is 1.79 bits per heavy atom. The third-order valence-corrected chi connectivity index (χ3v) is 7.61. The predicted octanol–water partition coefficient (Wildman–Crippen LogP) is 5.04. The molecule has 2 unspecified atom stereocenters. The number of carbonyl (C=O) groups excluding carboxylic acids is 1. The first-order valence-corrected chi connectivity index (χ1v) is 13.7. The molecule has 0 radical (unpaired) electrons. The average Bonchev–Trinajstić information content (AvgIpc) is 2.79. The number of halogens is 1. The van der Waals surface area contributed by atoms with Crippen molar-refractivity contribution < 1.29 is 17.9 Å². The Balaban J connectivity index is 1.93. The number of carbonyl (C=O) groups is 1. The summed E-state index contributed by atoms with van der Waals surface area (Å²) in [7, 11) is -2.35. The van der Waals surface area contributed by atoms with Crippen molar-refractivity contribution in [2.24, 2.45) is 0 Å². The molecule has 0 heterocycles. The summed E-state index contributed by atoms with van der Waals surface area (Å²) in [6.07, 6.45) is 6.62. The van der Waals surface area contributed by atoms with Gasteiger partial charge in [0.15, 0.2) is 0 Å². The minimum Gasteiger partial charge on any atom is -0.495 e. The molecular formula is C25H33ClN2O4S. The normalized spacial score (nSPS) is 15.3. The Morgan fingerprint density at radius 1 is 1.09 bits per heavy atom. The number of nitrogens with zero attached hydrogens (tertiary/aromatic N) is 1. The van der Waals surface area contributed by atoms with Gasteiger partial charge in [-0.25, -0.2) is 8.42 Å². The van der Waals surface area contributed by atoms with Crippen LogP contribution < -0.4 is 14.4 Å². The molecule has 0 fully saturated rings. The Bertz CT molecular complexity index is 1100. The van der Waals surface area contributed by atoms with E-state index in [-0.39, 0.29) is 24.1 Å². The molecule has 2 aromatic rings. The van der Waals surface area contributed by atoms with Crippen molar-refractivity contribution in [3.63, 3.8) is 0 Å². The lowest BCUT2D eigenvalue weighted by molar-refractivity contribution is -0.123. The zero-order valence-corrected chi connectivity index (χ0v) is 21.3. The first-order chi connectivity index (χ1) is 15.7. The highest BCUT2D eigenvalue weighted by Gasteiger charge is 2.34. The van der Waals surface area contributed by atoms with Gasteiger partial charge in [-0.05, 0) is 73.4 Å². The maximum Gasteiger partial charge on any atom is 0.244 e. The van der Waals surface area contributed by atoms with Crippen molar-refractivity contribution in [3.05, 3.63) is 58.1 Å². The smallest absolute Gasteiger partial charge is 0.244 e. The van der Waals surface area contributed by atoms with Crippen molar-refractivity contribution in [3.8, 4) is 5.75 Å². The zero-order chi connectivity index (χ0) is 24.2. The van der Waals surface area contributed by atoms with Crippen LogP contribution in [0.5, 0.6) is 5.75 Å². The van der Waals surface area contributed by atoms with Gasteiger partial charge in [-0.3, -0.25) is 9.10 Å². The Kier molecular flexibility index (Phi) is 8.29. The standard InChI is InChI=1S/C25H33ClN2O4S/c1-5-21(19-12-11-17-9-7-8-10-18(17)15-19)27-25(29)22(6-2)28(33(4,30)31)23-16-20(26)13-14-24(23)32-3/h11-16,21-22H,5-10H2,1-4H3,(H,27,29). The van der Waals surface area contributed by atoms with E-state index in [9.17, 15) is 13.2 Å². The van der Waals surface area contributed by atoms with E-state index in [1.54, 1.807) is 19.1 Å². The van der Waals surface area contributed by atoms with Crippen molar-refractivity contribution >= 4 is 33.2 Å². The number of aryl methyl sites for hydroxylation is 2. The minimum atomic E-state index is -3.81. The molecular weight excluding hydrogens is 460 g/mol. The largest absolute Gasteiger partial charge is 0.495 e. The fourth-order valence-corrected chi connectivity index (χ4v) is 5.90. The summed E-state index contributed by atoms with van der Waals surface area (Å²) in [5.74, 6) is -0.0210. The van der Waals surface area contributed by atoms with Crippen LogP contribution in [0.3, 0.4) is 0 Å². The van der Waals surface area contributed by atoms with Crippen LogP contribution in [0.2, 0.25) is 5.02 Å². The molecule has 0 aromatic heterocycles. The van der Waals surface area contributed by atoms with Gasteiger partial charge in [0, 0.05) is 5.02 Å². The Hall–Kier alpha value is -2.25. The molecule has 8 heteroatoms. The van der Waals surface area contributed by atoms with Crippen LogP contribution in [-0.2, 0) is 27.7 Å². The van der Waals surface area contributed by atoms with Gasteiger partial charge in [-0.15, -0.1) is 0 Å². The fourth-order valence-electron chi connectivity index (χ4n) is 4.53. The predicted molar refractivity (Wildman–Crippen MR) is 134 cm³/mol. The van der Waals surface area contributed by atoms with Gasteiger partial charge in [0.1, 0.15) is 11.8 Å². The van der Waals surface area contributed by atoms with E-state index in [4.69, 9.17) is 16.3 Å². The maximum atomic E-state index is 13.5. The lowest BCUT2D eigenvalue weighted by atomic mass is 9.88. The van der Waals surface area contributed by atoms with E-state index in [1.165, 1.54) is 37.1 Å². The third-order valence-electron chi connectivity index (χ3n) is 6.21. The Morgan fingerprint density at radius 3 is 2.39 bits per heavy atom. The van der Waals surface area contributed by atoms with Gasteiger partial charge >= 0.3 is 0 Å². The zero-order valence-electron chi connectivity index (χ0n) is 19.7. The summed E-state index contributed by atoms with van der Waals surface area (Å²) in [6.45, 7) is 3.80. The molecule has 0 spiro atoms. The van der Waals surface area contributed by atoms with Crippen LogP contribution >= 0.6 is 11.6 Å². The number of methoxy groups -OCH3 is 1. The van der Waals surface area contributed by atoms with E-state index in [0.29, 0.717) is 17.2 Å². The summed E-state index contributed by atoms with van der Waals surface area (Å²) in [6, 6.07) is 10.0. The second kappa shape index (κ2) is 10.8. The van der Waals surface area contributed by atoms with Gasteiger partial charge in [0.05, 0.1) is 25.1 Å². The number of rotatable bonds is 9. The molecule has 1 aliphatic rings. The summed E-state index contributed by atoms with van der Waals surface area (Å²) in [5, 5.41) is 3.45. The lowest BCUT2D eigenvalue weighted by Gasteiger charge is -2.32. The van der Waals surface area contributed by atoms with Gasteiger partial charge in [-0.2, -0.15) is 0 Å². The molecule has 0 saturated heterocycles. The van der Waals surface area contributed by atoms with Crippen molar-refractivity contribution in [2.75, 3.05) is 17.7 Å². The highest BCUT2D eigenvalue weighted by atomic mass is 35.5. The summed E-state index contributed by atoms with van der Waals surface area (Å²) in [5.41, 5.74) is 4.03. The number of ether oxygens (including phenoxy) is 1. The quantitative estimate of drug-likeness (QED) is 0.532. The topological polar surface area (TPSA) is 75.7 Å². The molecule has 180 valence electrons. The first kappa shape index (κ1) is 25.4. The van der Waals surface area contributed by atoms with E-state index in [0.717, 1.165) is 29.0 Å². The molecule has 1 aliphatic carbocycles. The average molecular weight is 493 g/mol. The fraction of sp³-hybridized carbons (Fsp3) is 0.480. The van der Waals surface area contributed by atoms with Crippen LogP contribution in [0.15, 0.2) is 36.4 Å². The minimum absolute atomic E-state index is 0.207. The number of anilines is 1. The van der Waals surface area contributed by atoms with E-state index < -0.39 is 16.1 Å². The van der Waals surface area contributed by atoms with E-state index >= 15 is 0 Å². The van der Waals surface area contributed by atoms with Crippen LogP contribution in [0.25, 0.3) is 0 Å². The highest BCUT2D eigenvalue weighted by molar-refractivity contribution is 7.92. The number of hydrogen-bond donors (Lipinski definition) is 1. The van der Waals surface area contributed by atoms with Crippen molar-refractivity contribution in [2.45, 2.75) is 64.5 Å². The van der Waals surface area contributed by atoms with Crippen LogP contribution in [-0.4, -0.2) is 33.7 Å². The van der Waals surface area contributed by atoms with Gasteiger partial charge < -0.3 is 10.1 Å². The van der Waals surface area contributed by atoms with Gasteiger partial charge in [0.25, 0.3) is 0 Å². The number of amides is 1. The lowest BCUT2D eigenvalue weighted by Crippen LogP contribution is -2.50. The van der Waals surface area contributed by atoms with Crippen molar-refractivity contribution in [1.29, 1.82) is 0 Å². The summed E-state index contributed by atoms with van der Waals surface area (Å²) < 4.78 is 32.2. The molecule has 2 atom stereocenters. The summed E-state index contributed by atoms with van der Waals surface area (Å²) >= 11 is 6.16. The number of sulfonamides is 1. The molecule has 33 heavy (non-hydrogen) atoms. The van der Waals surface area contributed by atoms with E-state index in [2.05, 4.69) is 23.5 Å². The van der Waals surface area contributed by atoms with Gasteiger partial charge in [-0.1, -0.05) is 43.6 Å². The molecule has 1 N–H and O–H groups in total. The molecule has 2 aromatic carbocycles. The number of nitrogens with one attached hydrogen (secondary N) is 1. The van der Waals surface area contributed by atoms with Crippen molar-refractivity contribution in [1.82, 2.24) is 5.32 Å². The number of fused-ring (bicyclic) bond motifs is 1. The second-order valence-electron chi connectivity index (χ2n) is 8.50. The molecule has 6 nitrogen and oxygen atoms in total. The van der Waals surface area contributed by atoms with Crippen LogP contribution in [0, 0.1) is 0 Å². The molecule has 0 aliphatic heterocycles. The van der Waals surface area contributed by atoms with E-state index in [1.807, 2.05) is 6.92 Å². The Labute approximate surface area is 202 Å². The monoisotopic (exact) mass is 492 g/mol. The summed E-state index contributed by atoms with van der Waals surface area (Å²) in [4.78, 5) is 13.5. The van der Waals surface area contributed by atoms with Crippen LogP contribution in [0.4, 0.5) is 5.69 Å². The number of benzene rings is 2. The van der Waals surface area contributed by atoms with Gasteiger partial charge in [0.2, 0.25) is 15.9 Å². The first-order valence-electron chi connectivity index (χ1n) is 11.4.